The van der Waals surface area contributed by atoms with Crippen LogP contribution in [0.4, 0.5) is 13.2 Å². The van der Waals surface area contributed by atoms with Crippen LogP contribution in [-0.4, -0.2) is 31.7 Å². The lowest BCUT2D eigenvalue weighted by atomic mass is 10.2. The van der Waals surface area contributed by atoms with Gasteiger partial charge in [-0.2, -0.15) is 13.2 Å². The maximum atomic E-state index is 12.6. The van der Waals surface area contributed by atoms with Crippen molar-refractivity contribution in [1.82, 2.24) is 0 Å². The molecule has 0 aromatic heterocycles. The summed E-state index contributed by atoms with van der Waals surface area (Å²) in [7, 11) is -2.63. The smallest absolute Gasteiger partial charge is 0.413 e. The molecule has 7 heteroatoms. The van der Waals surface area contributed by atoms with Gasteiger partial charge >= 0.3 is 12.1 Å². The van der Waals surface area contributed by atoms with Crippen LogP contribution in [0, 0.1) is 0 Å². The second-order valence-electron chi connectivity index (χ2n) is 5.51. The highest BCUT2D eigenvalue weighted by molar-refractivity contribution is 6.74. The van der Waals surface area contributed by atoms with Gasteiger partial charge in [0.05, 0.1) is 6.42 Å². The number of carboxylic acid groups (broad SMARTS) is 1. The van der Waals surface area contributed by atoms with E-state index in [0.29, 0.717) is 0 Å². The highest BCUT2D eigenvalue weighted by Gasteiger charge is 2.48. The lowest BCUT2D eigenvalue weighted by molar-refractivity contribution is -0.203. The second kappa shape index (κ2) is 4.97. The third kappa shape index (κ3) is 5.07. The Bertz CT molecular complexity index is 282. The topological polar surface area (TPSA) is 46.5 Å². The Kier molecular flexibility index (Phi) is 4.81. The molecule has 0 spiro atoms. The fraction of sp³-hybridized carbons (Fsp3) is 0.900. The minimum atomic E-state index is -4.64. The third-order valence-electron chi connectivity index (χ3n) is 2.97. The molecule has 0 aliphatic rings. The summed E-state index contributed by atoms with van der Waals surface area (Å²) in [5, 5.41) is 8.09. The van der Waals surface area contributed by atoms with E-state index in [-0.39, 0.29) is 0 Å². The van der Waals surface area contributed by atoms with E-state index in [4.69, 9.17) is 9.53 Å². The zero-order valence-electron chi connectivity index (χ0n) is 10.7. The van der Waals surface area contributed by atoms with Crippen LogP contribution in [-0.2, 0) is 9.22 Å². The molecule has 1 N–H and O–H groups in total. The maximum Gasteiger partial charge on any atom is 0.413 e. The van der Waals surface area contributed by atoms with Gasteiger partial charge in [-0.1, -0.05) is 20.8 Å². The van der Waals surface area contributed by atoms with Crippen LogP contribution in [0.3, 0.4) is 0 Å². The van der Waals surface area contributed by atoms with Crippen LogP contribution in [0.15, 0.2) is 0 Å². The van der Waals surface area contributed by atoms with E-state index in [2.05, 4.69) is 0 Å². The van der Waals surface area contributed by atoms with E-state index in [0.717, 1.165) is 0 Å². The number of carbonyl (C=O) groups is 1. The molecular formula is C10H19F3O3Si. The molecule has 0 radical (unpaired) electrons. The number of alkyl halides is 3. The van der Waals surface area contributed by atoms with Crippen LogP contribution in [0.2, 0.25) is 18.1 Å². The summed E-state index contributed by atoms with van der Waals surface area (Å²) in [5.74, 6) is -1.51. The van der Waals surface area contributed by atoms with E-state index in [9.17, 15) is 18.0 Å². The molecule has 17 heavy (non-hydrogen) atoms. The summed E-state index contributed by atoms with van der Waals surface area (Å²) in [6.45, 7) is 8.72. The summed E-state index contributed by atoms with van der Waals surface area (Å²) in [5.41, 5.74) is 0. The van der Waals surface area contributed by atoms with Crippen molar-refractivity contribution in [3.05, 3.63) is 0 Å². The van der Waals surface area contributed by atoms with Crippen molar-refractivity contribution >= 4 is 14.3 Å². The molecule has 0 aliphatic carbocycles. The number of halogens is 3. The largest absolute Gasteiger partial charge is 0.481 e. The zero-order chi connectivity index (χ0) is 14.1. The van der Waals surface area contributed by atoms with Crippen molar-refractivity contribution in [2.75, 3.05) is 0 Å². The molecular weight excluding hydrogens is 253 g/mol. The highest BCUT2D eigenvalue weighted by Crippen LogP contribution is 2.40. The van der Waals surface area contributed by atoms with Gasteiger partial charge in [0.25, 0.3) is 0 Å². The maximum absolute atomic E-state index is 12.6. The Labute approximate surface area is 100 Å². The monoisotopic (exact) mass is 272 g/mol. The Hall–Kier alpha value is -0.563. The van der Waals surface area contributed by atoms with Crippen molar-refractivity contribution < 1.29 is 27.5 Å². The van der Waals surface area contributed by atoms with Crippen molar-refractivity contribution in [3.63, 3.8) is 0 Å². The Morgan fingerprint density at radius 3 is 1.94 bits per heavy atom. The lowest BCUT2D eigenvalue weighted by Crippen LogP contribution is -2.48. The minimum Gasteiger partial charge on any atom is -0.481 e. The average molecular weight is 272 g/mol. The van der Waals surface area contributed by atoms with E-state index in [1.807, 2.05) is 0 Å². The molecule has 0 unspecified atom stereocenters. The van der Waals surface area contributed by atoms with Crippen molar-refractivity contribution in [3.8, 4) is 0 Å². The van der Waals surface area contributed by atoms with E-state index < -0.39 is 38.0 Å². The third-order valence-corrected chi connectivity index (χ3v) is 7.45. The summed E-state index contributed by atoms with van der Waals surface area (Å²) >= 11 is 0. The standard InChI is InChI=1S/C10H19F3O3Si/c1-9(2,3)17(4,5)16-7(6-8(14)15)10(11,12)13/h7H,6H2,1-5H3,(H,14,15)/t7-/m0/s1. The number of carboxylic acids is 1. The van der Waals surface area contributed by atoms with Gasteiger partial charge in [-0.3, -0.25) is 4.79 Å². The Morgan fingerprint density at radius 1 is 1.29 bits per heavy atom. The molecule has 1 atom stereocenters. The number of hydrogen-bond donors (Lipinski definition) is 1. The highest BCUT2D eigenvalue weighted by atomic mass is 28.4. The van der Waals surface area contributed by atoms with Crippen molar-refractivity contribution in [1.29, 1.82) is 0 Å². The average Bonchev–Trinajstić information content (AvgIpc) is 1.97. The molecule has 0 fully saturated rings. The van der Waals surface area contributed by atoms with Gasteiger partial charge in [-0.15, -0.1) is 0 Å². The molecule has 0 aromatic carbocycles. The molecule has 0 bridgehead atoms. The van der Waals surface area contributed by atoms with E-state index >= 15 is 0 Å². The first-order valence-corrected chi connectivity index (χ1v) is 8.14. The fourth-order valence-electron chi connectivity index (χ4n) is 0.915. The molecule has 0 aliphatic heterocycles. The van der Waals surface area contributed by atoms with Gasteiger partial charge in [0.15, 0.2) is 14.4 Å². The predicted octanol–water partition coefficient (Wildman–Crippen LogP) is 3.41. The van der Waals surface area contributed by atoms with Gasteiger partial charge in [-0.25, -0.2) is 0 Å². The Morgan fingerprint density at radius 2 is 1.71 bits per heavy atom. The lowest BCUT2D eigenvalue weighted by Gasteiger charge is -2.39. The van der Waals surface area contributed by atoms with Crippen molar-refractivity contribution in [2.24, 2.45) is 0 Å². The van der Waals surface area contributed by atoms with Gasteiger partial charge in [0, 0.05) is 0 Å². The normalized spacial score (nSPS) is 15.8. The van der Waals surface area contributed by atoms with Gasteiger partial charge in [-0.05, 0) is 18.1 Å². The van der Waals surface area contributed by atoms with Gasteiger partial charge in [0.1, 0.15) is 0 Å². The predicted molar refractivity (Wildman–Crippen MR) is 60.4 cm³/mol. The van der Waals surface area contributed by atoms with Crippen molar-refractivity contribution in [2.45, 2.75) is 57.6 Å². The van der Waals surface area contributed by atoms with Crippen LogP contribution < -0.4 is 0 Å². The van der Waals surface area contributed by atoms with Gasteiger partial charge in [0.2, 0.25) is 0 Å². The molecule has 0 heterocycles. The van der Waals surface area contributed by atoms with E-state index in [1.54, 1.807) is 33.9 Å². The first-order valence-electron chi connectivity index (χ1n) is 5.23. The number of rotatable bonds is 4. The number of aliphatic carboxylic acids is 1. The summed E-state index contributed by atoms with van der Waals surface area (Å²) in [6.07, 6.45) is -7.91. The van der Waals surface area contributed by atoms with E-state index in [1.165, 1.54) is 0 Å². The molecule has 0 amide bonds. The van der Waals surface area contributed by atoms with Crippen LogP contribution in [0.5, 0.6) is 0 Å². The SMILES string of the molecule is CC(C)(C)[Si](C)(C)O[C@@H](CC(=O)O)C(F)(F)F. The van der Waals surface area contributed by atoms with Gasteiger partial charge < -0.3 is 9.53 Å². The fourth-order valence-corrected chi connectivity index (χ4v) is 2.20. The minimum absolute atomic E-state index is 0.394. The Balaban J connectivity index is 4.94. The summed E-state index contributed by atoms with van der Waals surface area (Å²) in [4.78, 5) is 10.4. The molecule has 102 valence electrons. The molecule has 0 saturated carbocycles. The summed E-state index contributed by atoms with van der Waals surface area (Å²) < 4.78 is 43.0. The zero-order valence-corrected chi connectivity index (χ0v) is 11.7. The summed E-state index contributed by atoms with van der Waals surface area (Å²) in [6, 6.07) is 0. The molecule has 0 aromatic rings. The quantitative estimate of drug-likeness (QED) is 0.798. The number of hydrogen-bond acceptors (Lipinski definition) is 2. The van der Waals surface area contributed by atoms with Crippen LogP contribution in [0.1, 0.15) is 27.2 Å². The molecule has 3 nitrogen and oxygen atoms in total. The second-order valence-corrected chi connectivity index (χ2v) is 10.3. The first-order chi connectivity index (χ1) is 7.27. The van der Waals surface area contributed by atoms with Crippen LogP contribution >= 0.6 is 0 Å². The molecule has 0 saturated heterocycles. The first kappa shape index (κ1) is 16.4. The van der Waals surface area contributed by atoms with Crippen LogP contribution in [0.25, 0.3) is 0 Å². The molecule has 0 rings (SSSR count).